The molecule has 144 valence electrons. The fourth-order valence-electron chi connectivity index (χ4n) is 3.10. The van der Waals surface area contributed by atoms with E-state index in [1.807, 2.05) is 0 Å². The maximum Gasteiger partial charge on any atom is 0.334 e. The Kier molecular flexibility index (Phi) is 5.93. The summed E-state index contributed by atoms with van der Waals surface area (Å²) in [5.41, 5.74) is -1.05. The molecule has 0 aliphatic carbocycles. The topological polar surface area (TPSA) is 148 Å². The third kappa shape index (κ3) is 3.66. The molecule has 0 aromatic heterocycles. The van der Waals surface area contributed by atoms with Gasteiger partial charge in [-0.2, -0.15) is 0 Å². The molecule has 1 aromatic rings. The highest BCUT2D eigenvalue weighted by molar-refractivity contribution is 5.99. The third-order valence-electron chi connectivity index (χ3n) is 4.16. The number of allylic oxidation sites excluding steroid dienone is 1. The average Bonchev–Trinajstić information content (AvgIpc) is 2.61. The first kappa shape index (κ1) is 20.1. The quantitative estimate of drug-likeness (QED) is 0.365. The molecule has 2 rings (SSSR count). The lowest BCUT2D eigenvalue weighted by molar-refractivity contribution is -0.385. The smallest absolute Gasteiger partial charge is 0.334 e. The zero-order chi connectivity index (χ0) is 20.3. The van der Waals surface area contributed by atoms with Crippen LogP contribution in [-0.4, -0.2) is 47.6 Å². The second kappa shape index (κ2) is 7.98. The summed E-state index contributed by atoms with van der Waals surface area (Å²) < 4.78 is 10.2. The van der Waals surface area contributed by atoms with E-state index in [-0.39, 0.29) is 28.2 Å². The number of methoxy groups -OCH3 is 2. The monoisotopic (exact) mass is 378 g/mol. The molecule has 0 amide bonds. The van der Waals surface area contributed by atoms with Crippen molar-refractivity contribution >= 4 is 17.6 Å². The molecule has 0 saturated heterocycles. The Morgan fingerprint density at radius 2 is 1.70 bits per heavy atom. The number of benzene rings is 1. The van der Waals surface area contributed by atoms with Crippen molar-refractivity contribution < 1.29 is 34.2 Å². The van der Waals surface area contributed by atoms with Crippen molar-refractivity contribution in [3.63, 3.8) is 0 Å². The lowest BCUT2D eigenvalue weighted by Gasteiger charge is -2.32. The fraction of sp³-hybridized carbons (Fsp3) is 0.294. The number of carboxylic acid groups (broad SMARTS) is 2. The van der Waals surface area contributed by atoms with Gasteiger partial charge in [-0.1, -0.05) is 18.2 Å². The van der Waals surface area contributed by atoms with Gasteiger partial charge in [0.1, 0.15) is 0 Å². The van der Waals surface area contributed by atoms with Crippen LogP contribution in [0.25, 0.3) is 0 Å². The number of carboxylic acids is 2. The highest BCUT2D eigenvalue weighted by Gasteiger charge is 2.42. The van der Waals surface area contributed by atoms with Crippen molar-refractivity contribution in [2.45, 2.75) is 19.1 Å². The van der Waals surface area contributed by atoms with Gasteiger partial charge in [-0.25, -0.2) is 9.59 Å². The van der Waals surface area contributed by atoms with Crippen molar-refractivity contribution in [2.75, 3.05) is 14.2 Å². The van der Waals surface area contributed by atoms with E-state index in [9.17, 15) is 29.9 Å². The number of nitro benzene ring substituents is 1. The predicted octanol–water partition coefficient (Wildman–Crippen LogP) is 1.60. The standard InChI is InChI=1S/C17H18N2O8/c1-8-11(15(20)21)12(9-6-4-5-7-10(9)19(24)25)13(16(22)23)14(18-8)17(26-2)27-3/h4-7,12,17-18H,1-3H3,(H,20,21)(H,22,23). The summed E-state index contributed by atoms with van der Waals surface area (Å²) in [6, 6.07) is 5.41. The number of nitrogens with one attached hydrogen (secondary N) is 1. The zero-order valence-electron chi connectivity index (χ0n) is 14.8. The van der Waals surface area contributed by atoms with Gasteiger partial charge in [-0.15, -0.1) is 0 Å². The number of rotatable bonds is 7. The van der Waals surface area contributed by atoms with Gasteiger partial charge < -0.3 is 25.0 Å². The van der Waals surface area contributed by atoms with E-state index in [0.29, 0.717) is 0 Å². The van der Waals surface area contributed by atoms with E-state index < -0.39 is 34.6 Å². The lowest BCUT2D eigenvalue weighted by Crippen LogP contribution is -2.38. The van der Waals surface area contributed by atoms with Gasteiger partial charge in [0.25, 0.3) is 5.69 Å². The molecular weight excluding hydrogens is 360 g/mol. The number of nitrogens with zero attached hydrogens (tertiary/aromatic N) is 1. The molecule has 1 aromatic carbocycles. The largest absolute Gasteiger partial charge is 0.478 e. The van der Waals surface area contributed by atoms with E-state index >= 15 is 0 Å². The first-order valence-corrected chi connectivity index (χ1v) is 7.71. The Bertz CT molecular complexity index is 854. The lowest BCUT2D eigenvalue weighted by atomic mass is 9.79. The molecule has 0 bridgehead atoms. The Morgan fingerprint density at radius 3 is 2.19 bits per heavy atom. The van der Waals surface area contributed by atoms with Crippen LogP contribution in [0.1, 0.15) is 18.4 Å². The summed E-state index contributed by atoms with van der Waals surface area (Å²) in [6.45, 7) is 1.44. The number of carbonyl (C=O) groups is 2. The van der Waals surface area contributed by atoms with Gasteiger partial charge in [-0.05, 0) is 6.92 Å². The molecule has 1 heterocycles. The predicted molar refractivity (Wildman–Crippen MR) is 91.8 cm³/mol. The molecule has 1 aliphatic rings. The fourth-order valence-corrected chi connectivity index (χ4v) is 3.10. The molecule has 10 nitrogen and oxygen atoms in total. The molecule has 0 radical (unpaired) electrons. The van der Waals surface area contributed by atoms with E-state index in [4.69, 9.17) is 9.47 Å². The molecule has 10 heteroatoms. The van der Waals surface area contributed by atoms with Gasteiger partial charge in [-0.3, -0.25) is 10.1 Å². The van der Waals surface area contributed by atoms with Crippen LogP contribution < -0.4 is 5.32 Å². The number of dihydropyridines is 1. The maximum atomic E-state index is 12.0. The second-order valence-electron chi connectivity index (χ2n) is 5.65. The van der Waals surface area contributed by atoms with Crippen LogP contribution in [0.2, 0.25) is 0 Å². The zero-order valence-corrected chi connectivity index (χ0v) is 14.8. The Hall–Kier alpha value is -3.24. The number of hydrogen-bond acceptors (Lipinski definition) is 7. The Morgan fingerprint density at radius 1 is 1.15 bits per heavy atom. The Balaban J connectivity index is 2.88. The molecule has 1 atom stereocenters. The first-order valence-electron chi connectivity index (χ1n) is 7.71. The minimum absolute atomic E-state index is 0.0295. The van der Waals surface area contributed by atoms with Crippen LogP contribution in [0.3, 0.4) is 0 Å². The summed E-state index contributed by atoms with van der Waals surface area (Å²) in [4.78, 5) is 34.7. The van der Waals surface area contributed by atoms with E-state index in [2.05, 4.69) is 5.32 Å². The van der Waals surface area contributed by atoms with Crippen molar-refractivity contribution in [1.29, 1.82) is 0 Å². The van der Waals surface area contributed by atoms with Crippen molar-refractivity contribution in [3.05, 3.63) is 62.5 Å². The van der Waals surface area contributed by atoms with Crippen LogP contribution >= 0.6 is 0 Å². The summed E-state index contributed by atoms with van der Waals surface area (Å²) in [5, 5.41) is 33.6. The molecule has 0 spiro atoms. The van der Waals surface area contributed by atoms with Gasteiger partial charge in [0.05, 0.1) is 27.7 Å². The summed E-state index contributed by atoms with van der Waals surface area (Å²) >= 11 is 0. The highest BCUT2D eigenvalue weighted by Crippen LogP contribution is 2.42. The summed E-state index contributed by atoms with van der Waals surface area (Å²) in [5.74, 6) is -4.25. The van der Waals surface area contributed by atoms with Crippen LogP contribution in [0, 0.1) is 10.1 Å². The average molecular weight is 378 g/mol. The van der Waals surface area contributed by atoms with Crippen LogP contribution in [0.5, 0.6) is 0 Å². The summed E-state index contributed by atoms with van der Waals surface area (Å²) in [7, 11) is 2.57. The summed E-state index contributed by atoms with van der Waals surface area (Å²) in [6.07, 6.45) is -1.13. The van der Waals surface area contributed by atoms with E-state index in [1.165, 1.54) is 45.4 Å². The number of aliphatic carboxylic acids is 2. The van der Waals surface area contributed by atoms with Gasteiger partial charge >= 0.3 is 11.9 Å². The molecule has 0 saturated carbocycles. The molecule has 1 aliphatic heterocycles. The minimum atomic E-state index is -1.45. The molecule has 0 fully saturated rings. The molecule has 27 heavy (non-hydrogen) atoms. The van der Waals surface area contributed by atoms with Crippen molar-refractivity contribution in [3.8, 4) is 0 Å². The van der Waals surface area contributed by atoms with Crippen LogP contribution in [-0.2, 0) is 19.1 Å². The normalized spacial score (nSPS) is 17.1. The highest BCUT2D eigenvalue weighted by atomic mass is 16.7. The maximum absolute atomic E-state index is 12.0. The van der Waals surface area contributed by atoms with Gasteiger partial charge in [0.2, 0.25) is 0 Å². The van der Waals surface area contributed by atoms with E-state index in [0.717, 1.165) is 0 Å². The Labute approximate surface area is 153 Å². The first-order chi connectivity index (χ1) is 12.7. The number of ether oxygens (including phenoxy) is 2. The van der Waals surface area contributed by atoms with Gasteiger partial charge in [0, 0.05) is 31.5 Å². The number of hydrogen-bond donors (Lipinski definition) is 3. The van der Waals surface area contributed by atoms with Gasteiger partial charge in [0.15, 0.2) is 6.29 Å². The van der Waals surface area contributed by atoms with Crippen LogP contribution in [0.4, 0.5) is 5.69 Å². The molecule has 3 N–H and O–H groups in total. The van der Waals surface area contributed by atoms with E-state index in [1.54, 1.807) is 0 Å². The second-order valence-corrected chi connectivity index (χ2v) is 5.65. The number of nitro groups is 1. The molecule has 1 unspecified atom stereocenters. The van der Waals surface area contributed by atoms with Crippen molar-refractivity contribution in [2.24, 2.45) is 0 Å². The SMILES string of the molecule is COC(OC)C1=C(C(=O)O)C(c2ccccc2[N+](=O)[O-])C(C(=O)O)=C(C)N1. The third-order valence-corrected chi connectivity index (χ3v) is 4.16. The molecular formula is C17H18N2O8. The van der Waals surface area contributed by atoms with Crippen molar-refractivity contribution in [1.82, 2.24) is 5.32 Å². The number of para-hydroxylation sites is 1. The minimum Gasteiger partial charge on any atom is -0.478 e. The van der Waals surface area contributed by atoms with Crippen LogP contribution in [0.15, 0.2) is 46.8 Å².